The molecule has 0 spiro atoms. The standard InChI is InChI=1S/C25H28N4O7/c26-18(9-10-22(31)32)23(33)28-20(12-15-13-27-19-4-2-1-3-17(15)19)24(34)29-21(25(35)36)11-14-5-7-16(30)8-6-14/h1-8,13,18,20-21,27,30H,9-12,26H2,(H,28,33)(H,29,34)(H,31,32)(H,35,36). The van der Waals surface area contributed by atoms with Crippen LogP contribution in [0.4, 0.5) is 0 Å². The number of hydrogen-bond donors (Lipinski definition) is 7. The molecule has 2 aromatic carbocycles. The van der Waals surface area contributed by atoms with Crippen molar-refractivity contribution in [3.63, 3.8) is 0 Å². The van der Waals surface area contributed by atoms with E-state index in [0.29, 0.717) is 5.56 Å². The zero-order valence-corrected chi connectivity index (χ0v) is 19.3. The highest BCUT2D eigenvalue weighted by atomic mass is 16.4. The average Bonchev–Trinajstić information content (AvgIpc) is 3.25. The maximum atomic E-state index is 13.2. The fraction of sp³-hybridized carbons (Fsp3) is 0.280. The van der Waals surface area contributed by atoms with E-state index in [1.165, 1.54) is 12.1 Å². The van der Waals surface area contributed by atoms with E-state index in [1.54, 1.807) is 18.3 Å². The lowest BCUT2D eigenvalue weighted by Crippen LogP contribution is -2.55. The molecule has 8 N–H and O–H groups in total. The van der Waals surface area contributed by atoms with Gasteiger partial charge in [-0.3, -0.25) is 14.4 Å². The number of aromatic hydroxyl groups is 1. The topological polar surface area (TPSA) is 195 Å². The molecule has 2 amide bonds. The monoisotopic (exact) mass is 496 g/mol. The van der Waals surface area contributed by atoms with Crippen molar-refractivity contribution in [3.8, 4) is 5.75 Å². The number of rotatable bonds is 12. The third-order valence-electron chi connectivity index (χ3n) is 5.73. The Balaban J connectivity index is 1.80. The van der Waals surface area contributed by atoms with Gasteiger partial charge in [0, 0.05) is 36.4 Å². The third kappa shape index (κ3) is 7.06. The van der Waals surface area contributed by atoms with E-state index >= 15 is 0 Å². The quantitative estimate of drug-likeness (QED) is 0.192. The second kappa shape index (κ2) is 11.8. The van der Waals surface area contributed by atoms with E-state index in [-0.39, 0.29) is 31.4 Å². The first-order valence-corrected chi connectivity index (χ1v) is 11.3. The third-order valence-corrected chi connectivity index (χ3v) is 5.73. The zero-order valence-electron chi connectivity index (χ0n) is 19.3. The van der Waals surface area contributed by atoms with Crippen LogP contribution in [-0.2, 0) is 32.0 Å². The summed E-state index contributed by atoms with van der Waals surface area (Å²) in [6.07, 6.45) is 1.25. The first-order chi connectivity index (χ1) is 17.1. The number of carboxylic acid groups (broad SMARTS) is 2. The van der Waals surface area contributed by atoms with E-state index in [1.807, 2.05) is 24.3 Å². The molecule has 1 heterocycles. The largest absolute Gasteiger partial charge is 0.508 e. The number of nitrogens with two attached hydrogens (primary N) is 1. The minimum Gasteiger partial charge on any atom is -0.508 e. The van der Waals surface area contributed by atoms with Gasteiger partial charge in [-0.25, -0.2) is 4.79 Å². The predicted octanol–water partition coefficient (Wildman–Crippen LogP) is 0.905. The van der Waals surface area contributed by atoms with Gasteiger partial charge < -0.3 is 36.7 Å². The number of benzene rings is 2. The first kappa shape index (κ1) is 26.2. The molecule has 0 fully saturated rings. The summed E-state index contributed by atoms with van der Waals surface area (Å²) in [5.74, 6) is -3.81. The molecular formula is C25H28N4O7. The molecule has 0 saturated heterocycles. The molecule has 0 aliphatic carbocycles. The molecule has 3 rings (SSSR count). The Kier molecular flexibility index (Phi) is 8.63. The maximum absolute atomic E-state index is 13.2. The lowest BCUT2D eigenvalue weighted by molar-refractivity contribution is -0.142. The van der Waals surface area contributed by atoms with Gasteiger partial charge in [0.25, 0.3) is 0 Å². The van der Waals surface area contributed by atoms with Gasteiger partial charge in [-0.05, 0) is 35.7 Å². The van der Waals surface area contributed by atoms with E-state index in [0.717, 1.165) is 16.5 Å². The highest BCUT2D eigenvalue weighted by molar-refractivity contribution is 5.93. The van der Waals surface area contributed by atoms with Crippen LogP contribution in [0.15, 0.2) is 54.7 Å². The summed E-state index contributed by atoms with van der Waals surface area (Å²) in [7, 11) is 0. The molecule has 3 unspecified atom stereocenters. The summed E-state index contributed by atoms with van der Waals surface area (Å²) in [5, 5.41) is 33.8. The van der Waals surface area contributed by atoms with Crippen LogP contribution in [0, 0.1) is 0 Å². The van der Waals surface area contributed by atoms with Gasteiger partial charge in [0.1, 0.15) is 17.8 Å². The highest BCUT2D eigenvalue weighted by Crippen LogP contribution is 2.19. The van der Waals surface area contributed by atoms with Crippen LogP contribution in [0.3, 0.4) is 0 Å². The predicted molar refractivity (Wildman–Crippen MR) is 130 cm³/mol. The van der Waals surface area contributed by atoms with Crippen molar-refractivity contribution < 1.29 is 34.5 Å². The molecule has 0 saturated carbocycles. The Morgan fingerprint density at radius 3 is 2.22 bits per heavy atom. The van der Waals surface area contributed by atoms with E-state index in [2.05, 4.69) is 15.6 Å². The second-order valence-electron chi connectivity index (χ2n) is 8.43. The average molecular weight is 497 g/mol. The number of phenolic OH excluding ortho intramolecular Hbond substituents is 1. The molecule has 36 heavy (non-hydrogen) atoms. The van der Waals surface area contributed by atoms with E-state index < -0.39 is 41.9 Å². The first-order valence-electron chi connectivity index (χ1n) is 11.3. The molecule has 0 radical (unpaired) electrons. The zero-order chi connectivity index (χ0) is 26.2. The summed E-state index contributed by atoms with van der Waals surface area (Å²) in [6, 6.07) is 9.65. The number of para-hydroxylation sites is 1. The maximum Gasteiger partial charge on any atom is 0.326 e. The highest BCUT2D eigenvalue weighted by Gasteiger charge is 2.29. The lowest BCUT2D eigenvalue weighted by Gasteiger charge is -2.23. The van der Waals surface area contributed by atoms with E-state index in [9.17, 15) is 29.4 Å². The van der Waals surface area contributed by atoms with Gasteiger partial charge >= 0.3 is 11.9 Å². The Labute approximate surface area is 206 Å². The van der Waals surface area contributed by atoms with Crippen LogP contribution in [0.2, 0.25) is 0 Å². The minimum atomic E-state index is -1.30. The molecule has 11 nitrogen and oxygen atoms in total. The van der Waals surface area contributed by atoms with Crippen molar-refractivity contribution in [2.75, 3.05) is 0 Å². The van der Waals surface area contributed by atoms with Crippen LogP contribution in [0.25, 0.3) is 10.9 Å². The number of phenols is 1. The Morgan fingerprint density at radius 1 is 0.889 bits per heavy atom. The van der Waals surface area contributed by atoms with Gasteiger partial charge in [-0.1, -0.05) is 30.3 Å². The molecule has 0 bridgehead atoms. The van der Waals surface area contributed by atoms with Crippen molar-refractivity contribution >= 4 is 34.7 Å². The van der Waals surface area contributed by atoms with Gasteiger partial charge in [0.05, 0.1) is 6.04 Å². The second-order valence-corrected chi connectivity index (χ2v) is 8.43. The number of aromatic amines is 1. The summed E-state index contributed by atoms with van der Waals surface area (Å²) >= 11 is 0. The molecule has 0 aliphatic heterocycles. The van der Waals surface area contributed by atoms with E-state index in [4.69, 9.17) is 10.8 Å². The Morgan fingerprint density at radius 2 is 1.56 bits per heavy atom. The number of nitrogens with one attached hydrogen (secondary N) is 3. The number of aromatic nitrogens is 1. The smallest absolute Gasteiger partial charge is 0.326 e. The van der Waals surface area contributed by atoms with Crippen molar-refractivity contribution in [2.45, 2.75) is 43.8 Å². The van der Waals surface area contributed by atoms with Crippen LogP contribution in [0.1, 0.15) is 24.0 Å². The fourth-order valence-electron chi connectivity index (χ4n) is 3.76. The minimum absolute atomic E-state index is 0.0235. The number of aliphatic carboxylic acids is 2. The van der Waals surface area contributed by atoms with Crippen molar-refractivity contribution in [1.82, 2.24) is 15.6 Å². The molecule has 11 heteroatoms. The van der Waals surface area contributed by atoms with Gasteiger partial charge in [-0.2, -0.15) is 0 Å². The number of carbonyl (C=O) groups is 4. The number of fused-ring (bicyclic) bond motifs is 1. The van der Waals surface area contributed by atoms with Crippen LogP contribution in [-0.4, -0.2) is 62.2 Å². The normalized spacial score (nSPS) is 13.5. The summed E-state index contributed by atoms with van der Waals surface area (Å²) in [6.45, 7) is 0. The molecule has 3 aromatic rings. The van der Waals surface area contributed by atoms with Crippen molar-refractivity contribution in [2.24, 2.45) is 5.73 Å². The molecule has 0 aliphatic rings. The Bertz CT molecular complexity index is 1240. The number of H-pyrrole nitrogens is 1. The van der Waals surface area contributed by atoms with Crippen LogP contribution >= 0.6 is 0 Å². The van der Waals surface area contributed by atoms with Crippen LogP contribution in [0.5, 0.6) is 5.75 Å². The number of carboxylic acids is 2. The summed E-state index contributed by atoms with van der Waals surface area (Å²) < 4.78 is 0. The lowest BCUT2D eigenvalue weighted by atomic mass is 10.0. The molecule has 190 valence electrons. The van der Waals surface area contributed by atoms with Gasteiger partial charge in [0.2, 0.25) is 11.8 Å². The summed E-state index contributed by atoms with van der Waals surface area (Å²) in [4.78, 5) is 51.6. The molecule has 3 atom stereocenters. The SMILES string of the molecule is NC(CCC(=O)O)C(=O)NC(Cc1c[nH]c2ccccc12)C(=O)NC(Cc1ccc(O)cc1)C(=O)O. The molecule has 1 aromatic heterocycles. The van der Waals surface area contributed by atoms with Crippen molar-refractivity contribution in [1.29, 1.82) is 0 Å². The number of carbonyl (C=O) groups excluding carboxylic acids is 2. The molecular weight excluding hydrogens is 468 g/mol. The van der Waals surface area contributed by atoms with Gasteiger partial charge in [-0.15, -0.1) is 0 Å². The van der Waals surface area contributed by atoms with Crippen molar-refractivity contribution in [3.05, 3.63) is 65.9 Å². The van der Waals surface area contributed by atoms with Gasteiger partial charge in [0.15, 0.2) is 0 Å². The van der Waals surface area contributed by atoms with Crippen LogP contribution < -0.4 is 16.4 Å². The number of amides is 2. The fourth-order valence-corrected chi connectivity index (χ4v) is 3.76. The summed E-state index contributed by atoms with van der Waals surface area (Å²) in [5.41, 5.74) is 7.94. The number of hydrogen-bond acceptors (Lipinski definition) is 6. The Hall–Kier alpha value is -4.38.